The Morgan fingerprint density at radius 1 is 1.43 bits per heavy atom. The van der Waals surface area contributed by atoms with Gasteiger partial charge in [-0.05, 0) is 67.0 Å². The molecule has 0 aliphatic rings. The molecular formula is C15H16FIN2OS. The average molecular weight is 418 g/mol. The topological polar surface area (TPSA) is 42.0 Å². The first kappa shape index (κ1) is 16.4. The van der Waals surface area contributed by atoms with Gasteiger partial charge in [0.2, 0.25) is 0 Å². The van der Waals surface area contributed by atoms with E-state index in [0.717, 1.165) is 30.0 Å². The Kier molecular flexibility index (Phi) is 6.10. The fourth-order valence-electron chi connectivity index (χ4n) is 1.89. The Hall–Kier alpha value is -1.02. The Bertz CT molecular complexity index is 630. The van der Waals surface area contributed by atoms with E-state index in [-0.39, 0.29) is 11.7 Å². The van der Waals surface area contributed by atoms with Crippen molar-refractivity contribution >= 4 is 39.8 Å². The highest BCUT2D eigenvalue weighted by molar-refractivity contribution is 14.1. The molecule has 6 heteroatoms. The second-order valence-corrected chi connectivity index (χ2v) is 6.82. The number of carbonyl (C=O) groups is 1. The molecular weight excluding hydrogens is 402 g/mol. The lowest BCUT2D eigenvalue weighted by atomic mass is 10.2. The van der Waals surface area contributed by atoms with E-state index < -0.39 is 0 Å². The maximum atomic E-state index is 13.0. The molecule has 0 radical (unpaired) electrons. The molecule has 3 nitrogen and oxygen atoms in total. The number of amides is 1. The van der Waals surface area contributed by atoms with E-state index in [1.54, 1.807) is 11.3 Å². The average Bonchev–Trinajstić information content (AvgIpc) is 2.84. The summed E-state index contributed by atoms with van der Waals surface area (Å²) in [6.07, 6.45) is 2.85. The third kappa shape index (κ3) is 5.03. The van der Waals surface area contributed by atoms with Crippen LogP contribution in [0.3, 0.4) is 0 Å². The predicted octanol–water partition coefficient (Wildman–Crippen LogP) is 3.95. The molecule has 0 atom stereocenters. The number of halogens is 2. The van der Waals surface area contributed by atoms with Crippen molar-refractivity contribution in [3.05, 3.63) is 49.2 Å². The van der Waals surface area contributed by atoms with E-state index in [4.69, 9.17) is 0 Å². The maximum absolute atomic E-state index is 13.0. The Balaban J connectivity index is 1.72. The summed E-state index contributed by atoms with van der Waals surface area (Å²) in [4.78, 5) is 16.4. The molecule has 1 aromatic carbocycles. The zero-order valence-corrected chi connectivity index (χ0v) is 14.6. The first-order valence-electron chi connectivity index (χ1n) is 6.70. The molecule has 0 saturated heterocycles. The second kappa shape index (κ2) is 7.84. The Labute approximate surface area is 141 Å². The summed E-state index contributed by atoms with van der Waals surface area (Å²) in [6.45, 7) is 2.61. The molecule has 0 spiro atoms. The van der Waals surface area contributed by atoms with Gasteiger partial charge in [-0.1, -0.05) is 0 Å². The lowest BCUT2D eigenvalue weighted by molar-refractivity contribution is 0.0952. The standard InChI is InChI=1S/C15H16FIN2OS/c1-10-9-21-14(19-10)4-2-3-7-18-15(20)12-6-5-11(16)8-13(12)17/h5-6,8-9H,2-4,7H2,1H3,(H,18,20). The third-order valence-corrected chi connectivity index (χ3v) is 4.86. The molecule has 1 amide bonds. The van der Waals surface area contributed by atoms with Gasteiger partial charge in [0, 0.05) is 21.2 Å². The molecule has 1 N–H and O–H groups in total. The monoisotopic (exact) mass is 418 g/mol. The van der Waals surface area contributed by atoms with Crippen LogP contribution in [0.15, 0.2) is 23.6 Å². The van der Waals surface area contributed by atoms with Crippen molar-refractivity contribution in [2.75, 3.05) is 6.54 Å². The van der Waals surface area contributed by atoms with Crippen LogP contribution in [0.25, 0.3) is 0 Å². The van der Waals surface area contributed by atoms with Crippen LogP contribution in [0.1, 0.15) is 33.9 Å². The van der Waals surface area contributed by atoms with Gasteiger partial charge in [0.15, 0.2) is 0 Å². The van der Waals surface area contributed by atoms with Gasteiger partial charge < -0.3 is 5.32 Å². The molecule has 0 fully saturated rings. The molecule has 1 heterocycles. The summed E-state index contributed by atoms with van der Waals surface area (Å²) < 4.78 is 13.6. The molecule has 0 aliphatic carbocycles. The molecule has 0 aliphatic heterocycles. The van der Waals surface area contributed by atoms with Crippen molar-refractivity contribution in [3.8, 4) is 0 Å². The first-order valence-corrected chi connectivity index (χ1v) is 8.66. The van der Waals surface area contributed by atoms with Crippen molar-refractivity contribution in [3.63, 3.8) is 0 Å². The highest BCUT2D eigenvalue weighted by atomic mass is 127. The Morgan fingerprint density at radius 2 is 2.24 bits per heavy atom. The van der Waals surface area contributed by atoms with Gasteiger partial charge in [0.25, 0.3) is 5.91 Å². The van der Waals surface area contributed by atoms with Crippen molar-refractivity contribution in [2.24, 2.45) is 0 Å². The number of thiazole rings is 1. The van der Waals surface area contributed by atoms with Crippen molar-refractivity contribution < 1.29 is 9.18 Å². The zero-order chi connectivity index (χ0) is 15.2. The first-order chi connectivity index (χ1) is 10.1. The Morgan fingerprint density at radius 3 is 2.90 bits per heavy atom. The SMILES string of the molecule is Cc1csc(CCCCNC(=O)c2ccc(F)cc2I)n1. The van der Waals surface area contributed by atoms with Crippen LogP contribution in [0.4, 0.5) is 4.39 Å². The number of aryl methyl sites for hydroxylation is 2. The van der Waals surface area contributed by atoms with Crippen molar-refractivity contribution in [2.45, 2.75) is 26.2 Å². The van der Waals surface area contributed by atoms with Gasteiger partial charge in [-0.15, -0.1) is 11.3 Å². The molecule has 0 saturated carbocycles. The van der Waals surface area contributed by atoms with Crippen LogP contribution < -0.4 is 5.32 Å². The van der Waals surface area contributed by atoms with Gasteiger partial charge >= 0.3 is 0 Å². The molecule has 2 aromatic rings. The lowest BCUT2D eigenvalue weighted by Crippen LogP contribution is -2.25. The number of aromatic nitrogens is 1. The van der Waals surface area contributed by atoms with E-state index in [1.807, 2.05) is 34.9 Å². The minimum absolute atomic E-state index is 0.149. The summed E-state index contributed by atoms with van der Waals surface area (Å²) in [5.74, 6) is -0.473. The number of hydrogen-bond donors (Lipinski definition) is 1. The van der Waals surface area contributed by atoms with Crippen LogP contribution in [0.2, 0.25) is 0 Å². The van der Waals surface area contributed by atoms with Gasteiger partial charge in [-0.2, -0.15) is 0 Å². The number of carbonyl (C=O) groups excluding carboxylic acids is 1. The van der Waals surface area contributed by atoms with E-state index in [9.17, 15) is 9.18 Å². The molecule has 0 unspecified atom stereocenters. The van der Waals surface area contributed by atoms with Crippen molar-refractivity contribution in [1.29, 1.82) is 0 Å². The van der Waals surface area contributed by atoms with Crippen LogP contribution in [0.5, 0.6) is 0 Å². The van der Waals surface area contributed by atoms with Crippen molar-refractivity contribution in [1.82, 2.24) is 10.3 Å². The summed E-state index contributed by atoms with van der Waals surface area (Å²) in [7, 11) is 0. The zero-order valence-electron chi connectivity index (χ0n) is 11.7. The number of nitrogens with zero attached hydrogens (tertiary/aromatic N) is 1. The minimum atomic E-state index is -0.324. The molecule has 0 bridgehead atoms. The fourth-order valence-corrected chi connectivity index (χ4v) is 3.43. The van der Waals surface area contributed by atoms with E-state index >= 15 is 0 Å². The highest BCUT2D eigenvalue weighted by Crippen LogP contribution is 2.14. The third-order valence-electron chi connectivity index (χ3n) is 2.95. The highest BCUT2D eigenvalue weighted by Gasteiger charge is 2.09. The van der Waals surface area contributed by atoms with E-state index in [2.05, 4.69) is 10.3 Å². The summed E-state index contributed by atoms with van der Waals surface area (Å²) >= 11 is 3.65. The van der Waals surface area contributed by atoms with E-state index in [1.165, 1.54) is 18.2 Å². The normalized spacial score (nSPS) is 10.6. The van der Waals surface area contributed by atoms with Crippen LogP contribution >= 0.6 is 33.9 Å². The molecule has 1 aromatic heterocycles. The summed E-state index contributed by atoms with van der Waals surface area (Å²) in [5, 5.41) is 6.06. The fraction of sp³-hybridized carbons (Fsp3) is 0.333. The quantitative estimate of drug-likeness (QED) is 0.571. The number of hydrogen-bond acceptors (Lipinski definition) is 3. The summed E-state index contributed by atoms with van der Waals surface area (Å²) in [6, 6.07) is 4.19. The maximum Gasteiger partial charge on any atom is 0.252 e. The smallest absolute Gasteiger partial charge is 0.252 e. The minimum Gasteiger partial charge on any atom is -0.352 e. The van der Waals surface area contributed by atoms with Crippen LogP contribution in [-0.4, -0.2) is 17.4 Å². The second-order valence-electron chi connectivity index (χ2n) is 4.72. The van der Waals surface area contributed by atoms with Crippen LogP contribution in [-0.2, 0) is 6.42 Å². The number of rotatable bonds is 6. The van der Waals surface area contributed by atoms with Gasteiger partial charge in [0.1, 0.15) is 5.82 Å². The van der Waals surface area contributed by atoms with Gasteiger partial charge in [0.05, 0.1) is 10.6 Å². The molecule has 112 valence electrons. The lowest BCUT2D eigenvalue weighted by Gasteiger charge is -2.06. The molecule has 21 heavy (non-hydrogen) atoms. The predicted molar refractivity (Wildman–Crippen MR) is 91.2 cm³/mol. The van der Waals surface area contributed by atoms with Gasteiger partial charge in [-0.25, -0.2) is 9.37 Å². The number of nitrogens with one attached hydrogen (secondary N) is 1. The largest absolute Gasteiger partial charge is 0.352 e. The molecule has 2 rings (SSSR count). The van der Waals surface area contributed by atoms with E-state index in [0.29, 0.717) is 15.7 Å². The van der Waals surface area contributed by atoms with Crippen LogP contribution in [0, 0.1) is 16.3 Å². The number of unbranched alkanes of at least 4 members (excludes halogenated alkanes) is 1. The number of benzene rings is 1. The van der Waals surface area contributed by atoms with Gasteiger partial charge in [-0.3, -0.25) is 4.79 Å². The summed E-state index contributed by atoms with van der Waals surface area (Å²) in [5.41, 5.74) is 1.58.